The highest BCUT2D eigenvalue weighted by Crippen LogP contribution is 2.45. The number of ketones is 1. The van der Waals surface area contributed by atoms with Crippen molar-refractivity contribution >= 4 is 23.3 Å². The van der Waals surface area contributed by atoms with Crippen molar-refractivity contribution in [2.75, 3.05) is 19.1 Å². The van der Waals surface area contributed by atoms with Crippen LogP contribution in [0.5, 0.6) is 11.5 Å². The topological polar surface area (TPSA) is 102 Å². The maximum Gasteiger partial charge on any atom is 0.301 e. The second-order valence-electron chi connectivity index (χ2n) is 7.08. The first-order valence-electron chi connectivity index (χ1n) is 9.58. The Bertz CT molecular complexity index is 1230. The van der Waals surface area contributed by atoms with Crippen LogP contribution in [-0.4, -0.2) is 36.2 Å². The van der Waals surface area contributed by atoms with Crippen molar-refractivity contribution in [1.29, 1.82) is 0 Å². The smallest absolute Gasteiger partial charge is 0.301 e. The Balaban J connectivity index is 2.00. The van der Waals surface area contributed by atoms with Gasteiger partial charge in [0, 0.05) is 17.2 Å². The fraction of sp³-hybridized carbons (Fsp3) is 0.174. The molecule has 1 aliphatic rings. The second-order valence-corrected chi connectivity index (χ2v) is 7.08. The molecule has 0 saturated carbocycles. The van der Waals surface area contributed by atoms with Gasteiger partial charge in [0.1, 0.15) is 34.9 Å². The van der Waals surface area contributed by atoms with Crippen LogP contribution in [0.15, 0.2) is 58.6 Å². The minimum atomic E-state index is -1.10. The van der Waals surface area contributed by atoms with E-state index in [1.54, 1.807) is 25.1 Å². The summed E-state index contributed by atoms with van der Waals surface area (Å²) in [5.41, 5.74) is 0.358. The van der Waals surface area contributed by atoms with Crippen LogP contribution >= 0.6 is 0 Å². The summed E-state index contributed by atoms with van der Waals surface area (Å²) >= 11 is 0. The molecular formula is C23H19FN2O6. The minimum Gasteiger partial charge on any atom is -0.507 e. The summed E-state index contributed by atoms with van der Waals surface area (Å²) in [6.07, 6.45) is 0. The van der Waals surface area contributed by atoms with E-state index in [1.165, 1.54) is 32.4 Å². The van der Waals surface area contributed by atoms with E-state index in [0.717, 1.165) is 17.0 Å². The zero-order chi connectivity index (χ0) is 23.0. The van der Waals surface area contributed by atoms with Crippen LogP contribution in [0.3, 0.4) is 0 Å². The lowest BCUT2D eigenvalue weighted by atomic mass is 9.94. The van der Waals surface area contributed by atoms with E-state index in [2.05, 4.69) is 5.16 Å². The number of anilines is 1. The van der Waals surface area contributed by atoms with Gasteiger partial charge in [0.05, 0.1) is 19.8 Å². The van der Waals surface area contributed by atoms with E-state index in [0.29, 0.717) is 22.8 Å². The summed E-state index contributed by atoms with van der Waals surface area (Å²) in [5.74, 6) is -1.47. The number of ether oxygens (including phenoxy) is 2. The molecule has 1 aliphatic heterocycles. The normalized spacial score (nSPS) is 17.6. The van der Waals surface area contributed by atoms with Gasteiger partial charge in [-0.3, -0.25) is 14.5 Å². The maximum atomic E-state index is 13.4. The van der Waals surface area contributed by atoms with Crippen LogP contribution in [0.4, 0.5) is 10.2 Å². The Morgan fingerprint density at radius 3 is 2.41 bits per heavy atom. The molecule has 3 aromatic rings. The summed E-state index contributed by atoms with van der Waals surface area (Å²) in [6.45, 7) is 1.65. The van der Waals surface area contributed by atoms with E-state index in [-0.39, 0.29) is 17.0 Å². The molecule has 0 aliphatic carbocycles. The number of carbonyl (C=O) groups is 2. The molecule has 8 nitrogen and oxygen atoms in total. The number of carbonyl (C=O) groups excluding carboxylic acids is 2. The summed E-state index contributed by atoms with van der Waals surface area (Å²) in [6, 6.07) is 10.2. The van der Waals surface area contributed by atoms with Gasteiger partial charge in [-0.1, -0.05) is 5.16 Å². The molecule has 0 radical (unpaired) electrons. The first kappa shape index (κ1) is 21.1. The van der Waals surface area contributed by atoms with E-state index < -0.39 is 29.3 Å². The second kappa shape index (κ2) is 8.18. The minimum absolute atomic E-state index is 0.0950. The van der Waals surface area contributed by atoms with Gasteiger partial charge in [0.25, 0.3) is 5.78 Å². The molecule has 9 heteroatoms. The Hall–Kier alpha value is -4.14. The predicted octanol–water partition coefficient (Wildman–Crippen LogP) is 3.77. The van der Waals surface area contributed by atoms with Gasteiger partial charge in [0.15, 0.2) is 5.82 Å². The molecule has 0 spiro atoms. The molecular weight excluding hydrogens is 419 g/mol. The number of Topliss-reactive ketones (excluding diaryl/α,β-unsaturated/α-hetero) is 1. The van der Waals surface area contributed by atoms with Crippen molar-refractivity contribution in [2.24, 2.45) is 0 Å². The lowest BCUT2D eigenvalue weighted by molar-refractivity contribution is -0.132. The number of methoxy groups -OCH3 is 2. The molecule has 1 atom stereocenters. The molecule has 1 amide bonds. The summed E-state index contributed by atoms with van der Waals surface area (Å²) in [7, 11) is 2.92. The van der Waals surface area contributed by atoms with Crippen molar-refractivity contribution in [3.8, 4) is 11.5 Å². The lowest BCUT2D eigenvalue weighted by Gasteiger charge is -2.24. The number of rotatable bonds is 5. The van der Waals surface area contributed by atoms with Crippen molar-refractivity contribution in [2.45, 2.75) is 13.0 Å². The maximum absolute atomic E-state index is 13.4. The molecule has 1 saturated heterocycles. The number of aliphatic hydroxyl groups is 1. The number of aliphatic hydroxyl groups excluding tert-OH is 1. The van der Waals surface area contributed by atoms with E-state index in [1.807, 2.05) is 0 Å². The van der Waals surface area contributed by atoms with Gasteiger partial charge in [-0.15, -0.1) is 0 Å². The molecule has 1 aromatic heterocycles. The Morgan fingerprint density at radius 1 is 1.09 bits per heavy atom. The molecule has 0 bridgehead atoms. The van der Waals surface area contributed by atoms with E-state index in [4.69, 9.17) is 14.0 Å². The van der Waals surface area contributed by atoms with Gasteiger partial charge in [0.2, 0.25) is 0 Å². The van der Waals surface area contributed by atoms with E-state index in [9.17, 15) is 19.1 Å². The molecule has 2 heterocycles. The van der Waals surface area contributed by atoms with Gasteiger partial charge < -0.3 is 19.1 Å². The number of nitrogens with zero attached hydrogens (tertiary/aromatic N) is 2. The molecule has 4 rings (SSSR count). The molecule has 1 N–H and O–H groups in total. The Labute approximate surface area is 182 Å². The first-order valence-corrected chi connectivity index (χ1v) is 9.58. The third kappa shape index (κ3) is 3.47. The standard InChI is InChI=1S/C23H19FN2O6/c1-12-10-18(25-32-12)26-20(16-11-15(30-2)8-9-17(16)31-3)19(22(28)23(26)29)21(27)13-4-6-14(24)7-5-13/h4-11,20,27H,1-3H3/b21-19+/t20-/m1/s1. The number of benzene rings is 2. The monoisotopic (exact) mass is 438 g/mol. The van der Waals surface area contributed by atoms with Crippen LogP contribution in [0.1, 0.15) is 22.9 Å². The number of halogens is 1. The fourth-order valence-electron chi connectivity index (χ4n) is 3.65. The third-order valence-electron chi connectivity index (χ3n) is 5.16. The van der Waals surface area contributed by atoms with Crippen molar-refractivity contribution in [3.63, 3.8) is 0 Å². The summed E-state index contributed by atoms with van der Waals surface area (Å²) in [5, 5.41) is 14.9. The predicted molar refractivity (Wildman–Crippen MR) is 112 cm³/mol. The number of aryl methyl sites for hydroxylation is 1. The average molecular weight is 438 g/mol. The molecule has 164 valence electrons. The average Bonchev–Trinajstić information content (AvgIpc) is 3.33. The van der Waals surface area contributed by atoms with Gasteiger partial charge >= 0.3 is 5.91 Å². The number of aromatic nitrogens is 1. The molecule has 0 unspecified atom stereocenters. The fourth-order valence-corrected chi connectivity index (χ4v) is 3.65. The highest BCUT2D eigenvalue weighted by molar-refractivity contribution is 6.51. The number of amides is 1. The highest BCUT2D eigenvalue weighted by Gasteiger charge is 2.49. The first-order chi connectivity index (χ1) is 15.3. The molecule has 2 aromatic carbocycles. The van der Waals surface area contributed by atoms with Gasteiger partial charge in [-0.25, -0.2) is 4.39 Å². The lowest BCUT2D eigenvalue weighted by Crippen LogP contribution is -2.30. The van der Waals surface area contributed by atoms with Gasteiger partial charge in [-0.2, -0.15) is 0 Å². The highest BCUT2D eigenvalue weighted by atomic mass is 19.1. The third-order valence-corrected chi connectivity index (χ3v) is 5.16. The zero-order valence-corrected chi connectivity index (χ0v) is 17.5. The SMILES string of the molecule is COc1ccc(OC)c([C@@H]2/C(=C(\O)c3ccc(F)cc3)C(=O)C(=O)N2c2cc(C)on2)c1. The zero-order valence-electron chi connectivity index (χ0n) is 17.5. The number of hydrogen-bond acceptors (Lipinski definition) is 7. The van der Waals surface area contributed by atoms with Crippen molar-refractivity contribution in [3.05, 3.63) is 76.8 Å². The molecule has 1 fully saturated rings. The van der Waals surface area contributed by atoms with E-state index >= 15 is 0 Å². The number of hydrogen-bond donors (Lipinski definition) is 1. The van der Waals surface area contributed by atoms with Crippen molar-refractivity contribution in [1.82, 2.24) is 5.16 Å². The van der Waals surface area contributed by atoms with Crippen LogP contribution < -0.4 is 14.4 Å². The van der Waals surface area contributed by atoms with Crippen LogP contribution in [0, 0.1) is 12.7 Å². The van der Waals surface area contributed by atoms with Gasteiger partial charge in [-0.05, 0) is 49.4 Å². The van der Waals surface area contributed by atoms with Crippen LogP contribution in [0.25, 0.3) is 5.76 Å². The molecule has 32 heavy (non-hydrogen) atoms. The summed E-state index contributed by atoms with van der Waals surface area (Å²) < 4.78 is 29.3. The Kier molecular flexibility index (Phi) is 5.40. The van der Waals surface area contributed by atoms with Crippen LogP contribution in [0.2, 0.25) is 0 Å². The van der Waals surface area contributed by atoms with Crippen molar-refractivity contribution < 1.29 is 33.1 Å². The summed E-state index contributed by atoms with van der Waals surface area (Å²) in [4.78, 5) is 27.3. The largest absolute Gasteiger partial charge is 0.507 e. The quantitative estimate of drug-likeness (QED) is 0.368. The Morgan fingerprint density at radius 2 is 1.81 bits per heavy atom. The van der Waals surface area contributed by atoms with Crippen LogP contribution in [-0.2, 0) is 9.59 Å².